The number of aromatic hydroxyl groups is 1. The van der Waals surface area contributed by atoms with Crippen LogP contribution < -0.4 is 5.73 Å². The zero-order chi connectivity index (χ0) is 10.6. The maximum atomic E-state index is 9.46. The summed E-state index contributed by atoms with van der Waals surface area (Å²) in [6.45, 7) is -0.0443. The SMILES string of the molecule is Cl.N#Cc1ccc(O)c([C@H](N)CCO)c1. The third-order valence-electron chi connectivity index (χ3n) is 2.00. The van der Waals surface area contributed by atoms with E-state index >= 15 is 0 Å². The molecule has 0 saturated carbocycles. The van der Waals surface area contributed by atoms with Gasteiger partial charge in [0.15, 0.2) is 0 Å². The molecule has 1 aromatic rings. The van der Waals surface area contributed by atoms with Gasteiger partial charge < -0.3 is 15.9 Å². The summed E-state index contributed by atoms with van der Waals surface area (Å²) >= 11 is 0. The Kier molecular flexibility index (Phi) is 5.72. The molecule has 0 aliphatic heterocycles. The number of phenols is 1. The van der Waals surface area contributed by atoms with E-state index in [0.29, 0.717) is 17.5 Å². The standard InChI is InChI=1S/C10H12N2O2.ClH/c11-6-7-1-2-10(14)8(5-7)9(12)3-4-13;/h1-2,5,9,13-14H,3-4,12H2;1H/t9-;/m1./s1. The predicted molar refractivity (Wildman–Crippen MR) is 58.7 cm³/mol. The summed E-state index contributed by atoms with van der Waals surface area (Å²) in [6, 6.07) is 6.02. The second kappa shape index (κ2) is 6.25. The molecule has 0 saturated heterocycles. The second-order valence-corrected chi connectivity index (χ2v) is 3.00. The van der Waals surface area contributed by atoms with Crippen molar-refractivity contribution in [2.45, 2.75) is 12.5 Å². The van der Waals surface area contributed by atoms with Crippen molar-refractivity contribution < 1.29 is 10.2 Å². The van der Waals surface area contributed by atoms with E-state index in [1.807, 2.05) is 6.07 Å². The van der Waals surface area contributed by atoms with E-state index in [-0.39, 0.29) is 24.8 Å². The molecule has 82 valence electrons. The molecule has 0 aliphatic rings. The Hall–Kier alpha value is -1.28. The fraction of sp³-hybridized carbons (Fsp3) is 0.300. The van der Waals surface area contributed by atoms with Crippen molar-refractivity contribution in [3.8, 4) is 11.8 Å². The van der Waals surface area contributed by atoms with E-state index in [9.17, 15) is 5.11 Å². The van der Waals surface area contributed by atoms with Crippen molar-refractivity contribution in [3.63, 3.8) is 0 Å². The number of halogens is 1. The highest BCUT2D eigenvalue weighted by Crippen LogP contribution is 2.25. The van der Waals surface area contributed by atoms with E-state index < -0.39 is 6.04 Å². The van der Waals surface area contributed by atoms with Crippen LogP contribution >= 0.6 is 12.4 Å². The minimum absolute atomic E-state index is 0. The molecule has 1 aromatic carbocycles. The van der Waals surface area contributed by atoms with E-state index in [1.165, 1.54) is 18.2 Å². The zero-order valence-electron chi connectivity index (χ0n) is 8.05. The fourth-order valence-electron chi connectivity index (χ4n) is 1.22. The molecule has 0 unspecified atom stereocenters. The molecule has 1 rings (SSSR count). The van der Waals surface area contributed by atoms with Gasteiger partial charge in [-0.2, -0.15) is 5.26 Å². The second-order valence-electron chi connectivity index (χ2n) is 3.00. The number of nitriles is 1. The number of hydrogen-bond acceptors (Lipinski definition) is 4. The zero-order valence-corrected chi connectivity index (χ0v) is 8.87. The minimum atomic E-state index is -0.437. The lowest BCUT2D eigenvalue weighted by Gasteiger charge is -2.12. The van der Waals surface area contributed by atoms with Crippen LogP contribution in [0.25, 0.3) is 0 Å². The molecular formula is C10H13ClN2O2. The number of benzene rings is 1. The van der Waals surface area contributed by atoms with Gasteiger partial charge in [-0.3, -0.25) is 0 Å². The molecular weight excluding hydrogens is 216 g/mol. The Morgan fingerprint density at radius 1 is 1.47 bits per heavy atom. The van der Waals surface area contributed by atoms with E-state index in [1.54, 1.807) is 0 Å². The first-order valence-corrected chi connectivity index (χ1v) is 4.28. The quantitative estimate of drug-likeness (QED) is 0.722. The Labute approximate surface area is 94.4 Å². The van der Waals surface area contributed by atoms with Crippen molar-refractivity contribution in [1.82, 2.24) is 0 Å². The highest BCUT2D eigenvalue weighted by Gasteiger charge is 2.10. The normalized spacial score (nSPS) is 11.3. The number of aliphatic hydroxyl groups is 1. The molecule has 0 aliphatic carbocycles. The third kappa shape index (κ3) is 3.40. The predicted octanol–water partition coefficient (Wildman–Crippen LogP) is 1.07. The number of phenolic OH excluding ortho intramolecular Hbond substituents is 1. The summed E-state index contributed by atoms with van der Waals surface area (Å²) in [5.41, 5.74) is 6.65. The monoisotopic (exact) mass is 228 g/mol. The average Bonchev–Trinajstić information content (AvgIpc) is 2.19. The molecule has 0 spiro atoms. The van der Waals surface area contributed by atoms with Gasteiger partial charge in [0.25, 0.3) is 0 Å². The molecule has 4 N–H and O–H groups in total. The van der Waals surface area contributed by atoms with Crippen molar-refractivity contribution >= 4 is 12.4 Å². The molecule has 1 atom stereocenters. The first-order valence-electron chi connectivity index (χ1n) is 4.28. The van der Waals surface area contributed by atoms with Crippen LogP contribution in [0.3, 0.4) is 0 Å². The van der Waals surface area contributed by atoms with Gasteiger partial charge in [-0.05, 0) is 24.6 Å². The van der Waals surface area contributed by atoms with Crippen molar-refractivity contribution in [2.75, 3.05) is 6.61 Å². The van der Waals surface area contributed by atoms with Gasteiger partial charge in [0.05, 0.1) is 11.6 Å². The van der Waals surface area contributed by atoms with Gasteiger partial charge in [0.1, 0.15) is 5.75 Å². The Balaban J connectivity index is 0.00000196. The minimum Gasteiger partial charge on any atom is -0.508 e. The van der Waals surface area contributed by atoms with Crippen molar-refractivity contribution in [3.05, 3.63) is 29.3 Å². The van der Waals surface area contributed by atoms with Crippen LogP contribution in [0.5, 0.6) is 5.75 Å². The average molecular weight is 229 g/mol. The van der Waals surface area contributed by atoms with Crippen LogP contribution in [0.1, 0.15) is 23.6 Å². The number of nitrogens with two attached hydrogens (primary N) is 1. The van der Waals surface area contributed by atoms with Gasteiger partial charge in [0, 0.05) is 18.2 Å². The van der Waals surface area contributed by atoms with Gasteiger partial charge in [-0.25, -0.2) is 0 Å². The molecule has 0 aromatic heterocycles. The largest absolute Gasteiger partial charge is 0.508 e. The van der Waals surface area contributed by atoms with Crippen LogP contribution in [-0.2, 0) is 0 Å². The summed E-state index contributed by atoms with van der Waals surface area (Å²) in [6.07, 6.45) is 0.364. The highest BCUT2D eigenvalue weighted by atomic mass is 35.5. The van der Waals surface area contributed by atoms with Crippen molar-refractivity contribution in [2.24, 2.45) is 5.73 Å². The fourth-order valence-corrected chi connectivity index (χ4v) is 1.22. The van der Waals surface area contributed by atoms with E-state index in [0.717, 1.165) is 0 Å². The first kappa shape index (κ1) is 13.7. The third-order valence-corrected chi connectivity index (χ3v) is 2.00. The van der Waals surface area contributed by atoms with Crippen LogP contribution in [0.15, 0.2) is 18.2 Å². The van der Waals surface area contributed by atoms with Crippen LogP contribution in [0.2, 0.25) is 0 Å². The number of hydrogen-bond donors (Lipinski definition) is 3. The first-order chi connectivity index (χ1) is 6.69. The number of rotatable bonds is 3. The molecule has 0 radical (unpaired) electrons. The molecule has 0 fully saturated rings. The lowest BCUT2D eigenvalue weighted by Crippen LogP contribution is -2.12. The topological polar surface area (TPSA) is 90.3 Å². The smallest absolute Gasteiger partial charge is 0.120 e. The summed E-state index contributed by atoms with van der Waals surface area (Å²) < 4.78 is 0. The van der Waals surface area contributed by atoms with Gasteiger partial charge in [0.2, 0.25) is 0 Å². The summed E-state index contributed by atoms with van der Waals surface area (Å²) in [5, 5.41) is 26.8. The maximum Gasteiger partial charge on any atom is 0.120 e. The molecule has 5 heteroatoms. The van der Waals surface area contributed by atoms with Crippen molar-refractivity contribution in [1.29, 1.82) is 5.26 Å². The van der Waals surface area contributed by atoms with Crippen LogP contribution in [0.4, 0.5) is 0 Å². The molecule has 4 nitrogen and oxygen atoms in total. The summed E-state index contributed by atoms with van der Waals surface area (Å²) in [7, 11) is 0. The van der Waals surface area contributed by atoms with E-state index in [2.05, 4.69) is 0 Å². The summed E-state index contributed by atoms with van der Waals surface area (Å²) in [5.74, 6) is 0.0601. The molecule has 0 bridgehead atoms. The van der Waals surface area contributed by atoms with E-state index in [4.69, 9.17) is 16.1 Å². The highest BCUT2D eigenvalue weighted by molar-refractivity contribution is 5.85. The summed E-state index contributed by atoms with van der Waals surface area (Å²) in [4.78, 5) is 0. The Morgan fingerprint density at radius 2 is 2.13 bits per heavy atom. The van der Waals surface area contributed by atoms with Gasteiger partial charge in [-0.15, -0.1) is 12.4 Å². The lowest BCUT2D eigenvalue weighted by molar-refractivity contribution is 0.275. The number of aliphatic hydroxyl groups excluding tert-OH is 1. The molecule has 15 heavy (non-hydrogen) atoms. The molecule has 0 amide bonds. The van der Waals surface area contributed by atoms with Gasteiger partial charge in [-0.1, -0.05) is 0 Å². The molecule has 0 heterocycles. The van der Waals surface area contributed by atoms with Crippen LogP contribution in [0, 0.1) is 11.3 Å². The Bertz CT molecular complexity index is 363. The lowest BCUT2D eigenvalue weighted by atomic mass is 10.0. The van der Waals surface area contributed by atoms with Gasteiger partial charge >= 0.3 is 0 Å². The Morgan fingerprint density at radius 3 is 2.67 bits per heavy atom. The maximum absolute atomic E-state index is 9.46. The number of nitrogens with zero attached hydrogens (tertiary/aromatic N) is 1. The van der Waals surface area contributed by atoms with Crippen LogP contribution in [-0.4, -0.2) is 16.8 Å².